The molecule has 1 saturated carbocycles. The second-order valence-corrected chi connectivity index (χ2v) is 8.03. The minimum absolute atomic E-state index is 0.00567. The summed E-state index contributed by atoms with van der Waals surface area (Å²) >= 11 is 3.41. The van der Waals surface area contributed by atoms with E-state index in [1.54, 1.807) is 11.9 Å². The van der Waals surface area contributed by atoms with Gasteiger partial charge in [-0.1, -0.05) is 35.7 Å². The molecule has 2 rings (SSSR count). The molecule has 25 heavy (non-hydrogen) atoms. The number of carbonyl (C=O) groups is 2. The Bertz CT molecular complexity index is 621. The Kier molecular flexibility index (Phi) is 7.44. The van der Waals surface area contributed by atoms with E-state index in [9.17, 15) is 9.59 Å². The third-order valence-corrected chi connectivity index (χ3v) is 5.24. The van der Waals surface area contributed by atoms with E-state index in [0.717, 1.165) is 22.1 Å². The maximum absolute atomic E-state index is 12.2. The molecule has 2 N–H and O–H groups in total. The van der Waals surface area contributed by atoms with E-state index >= 15 is 0 Å². The van der Waals surface area contributed by atoms with Crippen molar-refractivity contribution < 1.29 is 9.59 Å². The molecule has 0 spiro atoms. The van der Waals surface area contributed by atoms with Crippen LogP contribution < -0.4 is 10.6 Å². The van der Waals surface area contributed by atoms with Gasteiger partial charge in [0, 0.05) is 16.2 Å². The largest absolute Gasteiger partial charge is 0.352 e. The Morgan fingerprint density at radius 1 is 1.20 bits per heavy atom. The van der Waals surface area contributed by atoms with Crippen LogP contribution in [0.4, 0.5) is 5.69 Å². The number of amides is 2. The summed E-state index contributed by atoms with van der Waals surface area (Å²) in [5.74, 6) is 0.410. The smallest absolute Gasteiger partial charge is 0.238 e. The summed E-state index contributed by atoms with van der Waals surface area (Å²) in [6.07, 6.45) is 4.67. The summed E-state index contributed by atoms with van der Waals surface area (Å²) in [6, 6.07) is 5.99. The normalized spacial score (nSPS) is 20.4. The van der Waals surface area contributed by atoms with E-state index < -0.39 is 0 Å². The molecule has 0 bridgehead atoms. The number of carbonyl (C=O) groups excluding carboxylic acids is 2. The van der Waals surface area contributed by atoms with Crippen molar-refractivity contribution >= 4 is 33.4 Å². The highest BCUT2D eigenvalue weighted by atomic mass is 79.9. The maximum Gasteiger partial charge on any atom is 0.238 e. The first kappa shape index (κ1) is 19.9. The fourth-order valence-corrected chi connectivity index (χ4v) is 3.76. The van der Waals surface area contributed by atoms with Gasteiger partial charge in [0.15, 0.2) is 0 Å². The Labute approximate surface area is 158 Å². The summed E-state index contributed by atoms with van der Waals surface area (Å²) in [7, 11) is 1.79. The Balaban J connectivity index is 1.77. The molecule has 1 fully saturated rings. The molecule has 0 aromatic heterocycles. The van der Waals surface area contributed by atoms with Gasteiger partial charge in [0.2, 0.25) is 11.8 Å². The number of halogens is 1. The van der Waals surface area contributed by atoms with Crippen LogP contribution in [0.15, 0.2) is 22.7 Å². The van der Waals surface area contributed by atoms with Crippen LogP contribution in [0.25, 0.3) is 0 Å². The number of benzene rings is 1. The van der Waals surface area contributed by atoms with Gasteiger partial charge in [-0.2, -0.15) is 0 Å². The molecule has 1 aliphatic rings. The first-order valence-corrected chi connectivity index (χ1v) is 9.68. The van der Waals surface area contributed by atoms with Gasteiger partial charge in [0.05, 0.1) is 13.1 Å². The summed E-state index contributed by atoms with van der Waals surface area (Å²) < 4.78 is 0.980. The highest BCUT2D eigenvalue weighted by molar-refractivity contribution is 9.10. The fourth-order valence-electron chi connectivity index (χ4n) is 3.29. The van der Waals surface area contributed by atoms with Crippen molar-refractivity contribution in [3.63, 3.8) is 0 Å². The molecule has 1 aromatic carbocycles. The topological polar surface area (TPSA) is 61.4 Å². The molecule has 0 aliphatic heterocycles. The zero-order valence-corrected chi connectivity index (χ0v) is 16.9. The SMILES string of the molecule is Cc1cc(Br)ccc1NC(=O)CN(C)CC(=O)N[C@@H]1CCCC[C@@H]1C. The van der Waals surface area contributed by atoms with Crippen molar-refractivity contribution in [1.82, 2.24) is 10.2 Å². The van der Waals surface area contributed by atoms with Crippen molar-refractivity contribution in [3.05, 3.63) is 28.2 Å². The molecule has 6 heteroatoms. The van der Waals surface area contributed by atoms with E-state index in [-0.39, 0.29) is 30.9 Å². The molecule has 1 aliphatic carbocycles. The molecule has 2 atom stereocenters. The minimum atomic E-state index is -0.119. The average Bonchev–Trinajstić information content (AvgIpc) is 2.52. The lowest BCUT2D eigenvalue weighted by Gasteiger charge is -2.30. The van der Waals surface area contributed by atoms with Gasteiger partial charge in [0.25, 0.3) is 0 Å². The molecule has 1 aromatic rings. The molecule has 0 heterocycles. The van der Waals surface area contributed by atoms with Gasteiger partial charge >= 0.3 is 0 Å². The fraction of sp³-hybridized carbons (Fsp3) is 0.579. The lowest BCUT2D eigenvalue weighted by Crippen LogP contribution is -2.46. The van der Waals surface area contributed by atoms with E-state index in [0.29, 0.717) is 5.92 Å². The number of nitrogens with one attached hydrogen (secondary N) is 2. The third-order valence-electron chi connectivity index (χ3n) is 4.75. The molecule has 0 saturated heterocycles. The summed E-state index contributed by atoms with van der Waals surface area (Å²) in [4.78, 5) is 26.1. The number of nitrogens with zero attached hydrogens (tertiary/aromatic N) is 1. The quantitative estimate of drug-likeness (QED) is 0.757. The van der Waals surface area contributed by atoms with E-state index in [1.807, 2.05) is 25.1 Å². The molecule has 0 unspecified atom stereocenters. The number of likely N-dealkylation sites (N-methyl/N-ethyl adjacent to an activating group) is 1. The Morgan fingerprint density at radius 3 is 2.56 bits per heavy atom. The monoisotopic (exact) mass is 409 g/mol. The van der Waals surface area contributed by atoms with Crippen LogP contribution in [0.2, 0.25) is 0 Å². The molecule has 2 amide bonds. The molecule has 5 nitrogen and oxygen atoms in total. The maximum atomic E-state index is 12.2. The average molecular weight is 410 g/mol. The van der Waals surface area contributed by atoms with E-state index in [2.05, 4.69) is 33.5 Å². The zero-order valence-electron chi connectivity index (χ0n) is 15.3. The number of rotatable bonds is 6. The van der Waals surface area contributed by atoms with E-state index in [1.165, 1.54) is 19.3 Å². The van der Waals surface area contributed by atoms with Crippen molar-refractivity contribution in [2.45, 2.75) is 45.6 Å². The van der Waals surface area contributed by atoms with Gasteiger partial charge in [-0.3, -0.25) is 14.5 Å². The molecule has 138 valence electrons. The van der Waals surface area contributed by atoms with Crippen molar-refractivity contribution in [3.8, 4) is 0 Å². The highest BCUT2D eigenvalue weighted by Crippen LogP contribution is 2.23. The van der Waals surface area contributed by atoms with Gasteiger partial charge in [0.1, 0.15) is 0 Å². The summed E-state index contributed by atoms with van der Waals surface area (Å²) in [5.41, 5.74) is 1.79. The standard InChI is InChI=1S/C19H28BrN3O2/c1-13-6-4-5-7-16(13)21-18(24)11-23(3)12-19(25)22-17-9-8-15(20)10-14(17)2/h8-10,13,16H,4-7,11-12H2,1-3H3,(H,21,24)(H,22,25)/t13-,16+/m0/s1. The predicted octanol–water partition coefficient (Wildman–Crippen LogP) is 3.32. The summed E-state index contributed by atoms with van der Waals surface area (Å²) in [6.45, 7) is 4.56. The highest BCUT2D eigenvalue weighted by Gasteiger charge is 2.23. The first-order valence-electron chi connectivity index (χ1n) is 8.89. The lowest BCUT2D eigenvalue weighted by atomic mass is 9.86. The van der Waals surface area contributed by atoms with Crippen LogP contribution in [0.1, 0.15) is 38.2 Å². The second kappa shape index (κ2) is 9.34. The number of aryl methyl sites for hydroxylation is 1. The number of anilines is 1. The zero-order chi connectivity index (χ0) is 18.4. The van der Waals surface area contributed by atoms with Gasteiger partial charge in [-0.25, -0.2) is 0 Å². The van der Waals surface area contributed by atoms with Crippen LogP contribution >= 0.6 is 15.9 Å². The predicted molar refractivity (Wildman–Crippen MR) is 105 cm³/mol. The second-order valence-electron chi connectivity index (χ2n) is 7.12. The number of hydrogen-bond acceptors (Lipinski definition) is 3. The van der Waals surface area contributed by atoms with Gasteiger partial charge in [-0.05, 0) is 56.5 Å². The van der Waals surface area contributed by atoms with E-state index in [4.69, 9.17) is 0 Å². The van der Waals surface area contributed by atoms with Crippen LogP contribution in [-0.4, -0.2) is 42.9 Å². The van der Waals surface area contributed by atoms with Crippen LogP contribution in [-0.2, 0) is 9.59 Å². The van der Waals surface area contributed by atoms with Crippen molar-refractivity contribution in [1.29, 1.82) is 0 Å². The van der Waals surface area contributed by atoms with Crippen LogP contribution in [0.3, 0.4) is 0 Å². The van der Waals surface area contributed by atoms with Gasteiger partial charge in [-0.15, -0.1) is 0 Å². The Morgan fingerprint density at radius 2 is 1.88 bits per heavy atom. The molecule has 0 radical (unpaired) electrons. The number of hydrogen-bond donors (Lipinski definition) is 2. The van der Waals surface area contributed by atoms with Crippen LogP contribution in [0, 0.1) is 12.8 Å². The minimum Gasteiger partial charge on any atom is -0.352 e. The van der Waals surface area contributed by atoms with Gasteiger partial charge < -0.3 is 10.6 Å². The molecular formula is C19H28BrN3O2. The third kappa shape index (κ3) is 6.44. The van der Waals surface area contributed by atoms with Crippen molar-refractivity contribution in [2.75, 3.05) is 25.5 Å². The van der Waals surface area contributed by atoms with Crippen molar-refractivity contribution in [2.24, 2.45) is 5.92 Å². The summed E-state index contributed by atoms with van der Waals surface area (Å²) in [5, 5.41) is 6.02. The Hall–Kier alpha value is -1.40. The van der Waals surface area contributed by atoms with Crippen LogP contribution in [0.5, 0.6) is 0 Å². The lowest BCUT2D eigenvalue weighted by molar-refractivity contribution is -0.124. The molecular weight excluding hydrogens is 382 g/mol. The first-order chi connectivity index (χ1) is 11.8.